The number of imide groups is 1. The summed E-state index contributed by atoms with van der Waals surface area (Å²) in [6.07, 6.45) is 5.77. The third-order valence-electron chi connectivity index (χ3n) is 7.16. The average molecular weight is 527 g/mol. The van der Waals surface area contributed by atoms with Gasteiger partial charge in [-0.15, -0.1) is 0 Å². The Morgan fingerprint density at radius 3 is 2.05 bits per heavy atom. The second-order valence-electron chi connectivity index (χ2n) is 9.94. The number of hydrogen-bond acceptors (Lipinski definition) is 5. The molecule has 0 aliphatic carbocycles. The van der Waals surface area contributed by atoms with E-state index in [0.717, 1.165) is 65.2 Å². The minimum absolute atomic E-state index is 0.0586. The lowest BCUT2D eigenvalue weighted by Gasteiger charge is -2.29. The number of carbonyl (C=O) groups excluding carboxylic acids is 3. The molecule has 0 saturated carbocycles. The van der Waals surface area contributed by atoms with Gasteiger partial charge >= 0.3 is 5.97 Å². The van der Waals surface area contributed by atoms with E-state index in [2.05, 4.69) is 13.8 Å². The van der Waals surface area contributed by atoms with Gasteiger partial charge in [-0.05, 0) is 78.8 Å². The molecule has 0 fully saturated rings. The van der Waals surface area contributed by atoms with Gasteiger partial charge in [0, 0.05) is 5.56 Å². The molecule has 0 saturated heterocycles. The van der Waals surface area contributed by atoms with Gasteiger partial charge in [-0.1, -0.05) is 44.9 Å². The molecular formula is C31H30N2O6. The molecule has 5 rings (SSSR count). The van der Waals surface area contributed by atoms with Crippen LogP contribution < -0.4 is 9.96 Å². The number of carbonyl (C=O) groups is 4. The van der Waals surface area contributed by atoms with Crippen LogP contribution in [-0.4, -0.2) is 28.8 Å². The monoisotopic (exact) mass is 526 g/mol. The summed E-state index contributed by atoms with van der Waals surface area (Å²) in [5.74, 6) is -2.78. The van der Waals surface area contributed by atoms with Crippen molar-refractivity contribution < 1.29 is 29.1 Å². The largest absolute Gasteiger partial charge is 0.478 e. The van der Waals surface area contributed by atoms with Crippen LogP contribution in [0, 0.1) is 0 Å². The molecule has 8 heteroatoms. The molecule has 0 radical (unpaired) electrons. The highest BCUT2D eigenvalue weighted by Crippen LogP contribution is 2.35. The van der Waals surface area contributed by atoms with E-state index < -0.39 is 23.7 Å². The number of carboxylic acid groups (broad SMARTS) is 1. The fourth-order valence-corrected chi connectivity index (χ4v) is 5.03. The van der Waals surface area contributed by atoms with E-state index in [4.69, 9.17) is 4.84 Å². The van der Waals surface area contributed by atoms with Gasteiger partial charge in [0.1, 0.15) is 6.61 Å². The van der Waals surface area contributed by atoms with Crippen molar-refractivity contribution in [2.24, 2.45) is 0 Å². The highest BCUT2D eigenvalue weighted by atomic mass is 16.7. The normalized spacial score (nSPS) is 14.6. The Hall–Kier alpha value is -4.30. The van der Waals surface area contributed by atoms with E-state index in [0.29, 0.717) is 5.56 Å². The number of hydrogen-bond donors (Lipinski definition) is 1. The molecule has 0 bridgehead atoms. The SMILES string of the molecule is CCCCc1ccc2c(c1)CON(c1cc(C(=O)O)cc(N3C(=O)c4ccc(CCCC)cc4C3=O)c1)C2=O. The minimum Gasteiger partial charge on any atom is -0.478 e. The number of amides is 3. The van der Waals surface area contributed by atoms with Crippen LogP contribution in [0.15, 0.2) is 54.6 Å². The van der Waals surface area contributed by atoms with E-state index in [1.54, 1.807) is 18.2 Å². The summed E-state index contributed by atoms with van der Waals surface area (Å²) in [6.45, 7) is 4.33. The molecule has 0 unspecified atom stereocenters. The van der Waals surface area contributed by atoms with Crippen LogP contribution in [-0.2, 0) is 24.3 Å². The number of nitrogens with zero attached hydrogens (tertiary/aromatic N) is 2. The molecule has 2 aliphatic rings. The zero-order chi connectivity index (χ0) is 27.7. The number of unbranched alkanes of at least 4 members (excludes halogenated alkanes) is 2. The van der Waals surface area contributed by atoms with Crippen LogP contribution in [0.25, 0.3) is 0 Å². The fourth-order valence-electron chi connectivity index (χ4n) is 5.03. The van der Waals surface area contributed by atoms with Crippen LogP contribution in [0.2, 0.25) is 0 Å². The number of hydroxylamine groups is 1. The van der Waals surface area contributed by atoms with E-state index in [9.17, 15) is 24.3 Å². The van der Waals surface area contributed by atoms with Crippen molar-refractivity contribution in [3.63, 3.8) is 0 Å². The summed E-state index contributed by atoms with van der Waals surface area (Å²) < 4.78 is 0. The number of aryl methyl sites for hydroxylation is 2. The Balaban J connectivity index is 1.49. The molecule has 3 amide bonds. The topological polar surface area (TPSA) is 104 Å². The maximum atomic E-state index is 13.4. The predicted molar refractivity (Wildman–Crippen MR) is 146 cm³/mol. The number of benzene rings is 3. The molecule has 8 nitrogen and oxygen atoms in total. The third-order valence-corrected chi connectivity index (χ3v) is 7.16. The first-order valence-corrected chi connectivity index (χ1v) is 13.3. The summed E-state index contributed by atoms with van der Waals surface area (Å²) in [7, 11) is 0. The first kappa shape index (κ1) is 26.3. The summed E-state index contributed by atoms with van der Waals surface area (Å²) >= 11 is 0. The predicted octanol–water partition coefficient (Wildman–Crippen LogP) is 5.96. The van der Waals surface area contributed by atoms with Crippen molar-refractivity contribution in [1.82, 2.24) is 0 Å². The summed E-state index contributed by atoms with van der Waals surface area (Å²) in [4.78, 5) is 58.8. The van der Waals surface area contributed by atoms with Crippen molar-refractivity contribution in [3.05, 3.63) is 93.5 Å². The van der Waals surface area contributed by atoms with Crippen molar-refractivity contribution in [3.8, 4) is 0 Å². The van der Waals surface area contributed by atoms with Crippen LogP contribution in [0.4, 0.5) is 11.4 Å². The second kappa shape index (κ2) is 10.8. The molecule has 0 spiro atoms. The fraction of sp³-hybridized carbons (Fsp3) is 0.290. The van der Waals surface area contributed by atoms with Crippen LogP contribution in [0.5, 0.6) is 0 Å². The average Bonchev–Trinajstić information content (AvgIpc) is 3.19. The summed E-state index contributed by atoms with van der Waals surface area (Å²) in [6, 6.07) is 14.9. The van der Waals surface area contributed by atoms with E-state index in [1.807, 2.05) is 18.2 Å². The van der Waals surface area contributed by atoms with Gasteiger partial charge < -0.3 is 5.11 Å². The summed E-state index contributed by atoms with van der Waals surface area (Å²) in [5, 5.41) is 10.8. The molecule has 39 heavy (non-hydrogen) atoms. The Labute approximate surface area is 226 Å². The zero-order valence-corrected chi connectivity index (χ0v) is 22.0. The van der Waals surface area contributed by atoms with Crippen molar-refractivity contribution >= 4 is 35.1 Å². The van der Waals surface area contributed by atoms with E-state index in [1.165, 1.54) is 18.2 Å². The lowest BCUT2D eigenvalue weighted by molar-refractivity contribution is 0.0528. The van der Waals surface area contributed by atoms with Gasteiger partial charge in [0.25, 0.3) is 17.7 Å². The minimum atomic E-state index is -1.26. The number of fused-ring (bicyclic) bond motifs is 2. The van der Waals surface area contributed by atoms with Crippen molar-refractivity contribution in [2.45, 2.75) is 59.0 Å². The van der Waals surface area contributed by atoms with Crippen LogP contribution in [0.3, 0.4) is 0 Å². The molecule has 0 atom stereocenters. The smallest absolute Gasteiger partial charge is 0.335 e. The molecule has 2 aliphatic heterocycles. The van der Waals surface area contributed by atoms with Crippen LogP contribution in [0.1, 0.15) is 97.7 Å². The standard InChI is InChI=1S/C31H30N2O6/c1-3-5-7-19-9-11-25-22(13-19)18-39-33(30(25)36)24-16-21(31(37)38)15-23(17-24)32-28(34)26-12-10-20(8-6-4-2)14-27(26)29(32)35/h9-17H,3-8,18H2,1-2H3,(H,37,38). The number of anilines is 2. The number of rotatable bonds is 9. The number of aromatic carboxylic acids is 1. The van der Waals surface area contributed by atoms with Gasteiger partial charge in [0.05, 0.1) is 28.1 Å². The maximum absolute atomic E-state index is 13.4. The van der Waals surface area contributed by atoms with Gasteiger partial charge in [-0.25, -0.2) is 9.69 Å². The number of carboxylic acids is 1. The van der Waals surface area contributed by atoms with Crippen LogP contribution >= 0.6 is 0 Å². The lowest BCUT2D eigenvalue weighted by Crippen LogP contribution is -2.36. The maximum Gasteiger partial charge on any atom is 0.335 e. The first-order chi connectivity index (χ1) is 18.8. The molecule has 3 aromatic carbocycles. The van der Waals surface area contributed by atoms with Crippen molar-refractivity contribution in [1.29, 1.82) is 0 Å². The van der Waals surface area contributed by atoms with Gasteiger partial charge in [-0.3, -0.25) is 19.2 Å². The van der Waals surface area contributed by atoms with Gasteiger partial charge in [0.15, 0.2) is 0 Å². The van der Waals surface area contributed by atoms with E-state index >= 15 is 0 Å². The Bertz CT molecular complexity index is 1490. The second-order valence-corrected chi connectivity index (χ2v) is 9.94. The Kier molecular flexibility index (Phi) is 7.30. The molecule has 0 aromatic heterocycles. The third kappa shape index (κ3) is 4.95. The molecule has 1 N–H and O–H groups in total. The highest BCUT2D eigenvalue weighted by molar-refractivity contribution is 6.34. The molecule has 2 heterocycles. The lowest BCUT2D eigenvalue weighted by atomic mass is 9.99. The molecular weight excluding hydrogens is 496 g/mol. The molecule has 3 aromatic rings. The van der Waals surface area contributed by atoms with E-state index in [-0.39, 0.29) is 34.7 Å². The highest BCUT2D eigenvalue weighted by Gasteiger charge is 2.38. The van der Waals surface area contributed by atoms with Crippen molar-refractivity contribution in [2.75, 3.05) is 9.96 Å². The first-order valence-electron chi connectivity index (χ1n) is 13.3. The Morgan fingerprint density at radius 2 is 1.38 bits per heavy atom. The van der Waals surface area contributed by atoms with Gasteiger partial charge in [-0.2, -0.15) is 5.06 Å². The quantitative estimate of drug-likeness (QED) is 0.345. The summed E-state index contributed by atoms with van der Waals surface area (Å²) in [5.41, 5.74) is 3.86. The zero-order valence-electron chi connectivity index (χ0n) is 22.0. The molecule has 200 valence electrons. The Morgan fingerprint density at radius 1 is 0.769 bits per heavy atom. The van der Waals surface area contributed by atoms with Gasteiger partial charge in [0.2, 0.25) is 0 Å².